The van der Waals surface area contributed by atoms with Crippen LogP contribution in [-0.2, 0) is 6.54 Å². The number of nitrogens with zero attached hydrogens (tertiary/aromatic N) is 2. The van der Waals surface area contributed by atoms with Crippen LogP contribution in [0.2, 0.25) is 0 Å². The fraction of sp³-hybridized carbons (Fsp3) is 0.353. The molecule has 3 rings (SSSR count). The molecule has 110 valence electrons. The van der Waals surface area contributed by atoms with E-state index in [0.29, 0.717) is 0 Å². The Kier molecular flexibility index (Phi) is 3.55. The molecule has 0 aliphatic carbocycles. The molecular weight excluding hydrogens is 262 g/mol. The van der Waals surface area contributed by atoms with Crippen molar-refractivity contribution in [2.75, 3.05) is 7.05 Å². The highest BCUT2D eigenvalue weighted by Crippen LogP contribution is 2.29. The van der Waals surface area contributed by atoms with Gasteiger partial charge in [-0.3, -0.25) is 4.68 Å². The van der Waals surface area contributed by atoms with Gasteiger partial charge in [0, 0.05) is 11.9 Å². The number of rotatable bonds is 4. The van der Waals surface area contributed by atoms with Crippen molar-refractivity contribution in [2.45, 2.75) is 33.4 Å². The van der Waals surface area contributed by atoms with Crippen LogP contribution in [-0.4, -0.2) is 16.8 Å². The average molecular weight is 283 g/mol. The Bertz CT molecular complexity index is 770. The van der Waals surface area contributed by atoms with Crippen LogP contribution in [0.15, 0.2) is 34.7 Å². The van der Waals surface area contributed by atoms with Crippen molar-refractivity contribution < 1.29 is 4.42 Å². The van der Waals surface area contributed by atoms with Crippen molar-refractivity contribution in [3.63, 3.8) is 0 Å². The summed E-state index contributed by atoms with van der Waals surface area (Å²) in [5.41, 5.74) is 4.33. The second-order valence-corrected chi connectivity index (χ2v) is 5.44. The lowest BCUT2D eigenvalue weighted by molar-refractivity contribution is 0.465. The molecule has 21 heavy (non-hydrogen) atoms. The van der Waals surface area contributed by atoms with Crippen LogP contribution in [0.4, 0.5) is 0 Å². The molecule has 2 aromatic heterocycles. The minimum atomic E-state index is 0.0128. The Morgan fingerprint density at radius 2 is 2.05 bits per heavy atom. The monoisotopic (exact) mass is 283 g/mol. The fourth-order valence-electron chi connectivity index (χ4n) is 2.81. The topological polar surface area (TPSA) is 43.0 Å². The number of aromatic nitrogens is 2. The number of aryl methyl sites for hydroxylation is 3. The molecule has 0 amide bonds. The van der Waals surface area contributed by atoms with Gasteiger partial charge in [0.25, 0.3) is 0 Å². The van der Waals surface area contributed by atoms with E-state index >= 15 is 0 Å². The normalized spacial score (nSPS) is 13.0. The first-order valence-electron chi connectivity index (χ1n) is 7.34. The van der Waals surface area contributed by atoms with E-state index < -0.39 is 0 Å². The number of nitrogens with one attached hydrogen (secondary N) is 1. The van der Waals surface area contributed by atoms with Gasteiger partial charge < -0.3 is 9.73 Å². The van der Waals surface area contributed by atoms with E-state index in [9.17, 15) is 0 Å². The largest absolute Gasteiger partial charge is 0.459 e. The van der Waals surface area contributed by atoms with E-state index in [2.05, 4.69) is 48.5 Å². The zero-order valence-corrected chi connectivity index (χ0v) is 13.0. The molecule has 4 nitrogen and oxygen atoms in total. The first-order chi connectivity index (χ1) is 10.1. The van der Waals surface area contributed by atoms with Crippen LogP contribution in [0.1, 0.15) is 35.7 Å². The highest BCUT2D eigenvalue weighted by atomic mass is 16.3. The van der Waals surface area contributed by atoms with Crippen LogP contribution in [0.25, 0.3) is 11.0 Å². The Morgan fingerprint density at radius 3 is 2.76 bits per heavy atom. The van der Waals surface area contributed by atoms with Crippen LogP contribution in [0.3, 0.4) is 0 Å². The molecule has 0 aliphatic heterocycles. The Labute approximate surface area is 124 Å². The third kappa shape index (κ3) is 2.47. The molecule has 1 unspecified atom stereocenters. The predicted molar refractivity (Wildman–Crippen MR) is 84.5 cm³/mol. The van der Waals surface area contributed by atoms with Crippen LogP contribution in [0.5, 0.6) is 0 Å². The number of hydrogen-bond acceptors (Lipinski definition) is 3. The molecule has 2 heterocycles. The van der Waals surface area contributed by atoms with Crippen molar-refractivity contribution in [3.05, 3.63) is 53.0 Å². The molecule has 0 saturated carbocycles. The summed E-state index contributed by atoms with van der Waals surface area (Å²) < 4.78 is 8.06. The van der Waals surface area contributed by atoms with Gasteiger partial charge >= 0.3 is 0 Å². The Morgan fingerprint density at radius 1 is 1.24 bits per heavy atom. The lowest BCUT2D eigenvalue weighted by Crippen LogP contribution is -2.20. The Hall–Kier alpha value is -2.07. The number of fused-ring (bicyclic) bond motifs is 1. The summed E-state index contributed by atoms with van der Waals surface area (Å²) >= 11 is 0. The number of benzene rings is 1. The van der Waals surface area contributed by atoms with Crippen molar-refractivity contribution in [3.8, 4) is 0 Å². The Balaban J connectivity index is 2.08. The third-order valence-electron chi connectivity index (χ3n) is 3.79. The zero-order chi connectivity index (χ0) is 15.0. The first kappa shape index (κ1) is 13.9. The molecule has 1 N–H and O–H groups in total. The van der Waals surface area contributed by atoms with E-state index in [4.69, 9.17) is 4.42 Å². The summed E-state index contributed by atoms with van der Waals surface area (Å²) in [6, 6.07) is 10.5. The second kappa shape index (κ2) is 5.37. The molecule has 1 atom stereocenters. The lowest BCUT2D eigenvalue weighted by Gasteiger charge is -2.14. The van der Waals surface area contributed by atoms with Gasteiger partial charge in [0.2, 0.25) is 0 Å². The molecular formula is C17H21N3O. The summed E-state index contributed by atoms with van der Waals surface area (Å²) in [4.78, 5) is 0. The number of furan rings is 1. The smallest absolute Gasteiger partial charge is 0.134 e. The first-order valence-corrected chi connectivity index (χ1v) is 7.34. The summed E-state index contributed by atoms with van der Waals surface area (Å²) in [5.74, 6) is 0.924. The van der Waals surface area contributed by atoms with Gasteiger partial charge in [-0.1, -0.05) is 11.6 Å². The van der Waals surface area contributed by atoms with Crippen molar-refractivity contribution in [1.82, 2.24) is 15.1 Å². The minimum absolute atomic E-state index is 0.0128. The van der Waals surface area contributed by atoms with Gasteiger partial charge in [0.15, 0.2) is 0 Å². The fourth-order valence-corrected chi connectivity index (χ4v) is 2.81. The van der Waals surface area contributed by atoms with Crippen molar-refractivity contribution in [2.24, 2.45) is 0 Å². The van der Waals surface area contributed by atoms with Crippen molar-refractivity contribution in [1.29, 1.82) is 0 Å². The third-order valence-corrected chi connectivity index (χ3v) is 3.79. The molecule has 0 spiro atoms. The highest BCUT2D eigenvalue weighted by Gasteiger charge is 2.21. The number of hydrogen-bond donors (Lipinski definition) is 1. The van der Waals surface area contributed by atoms with E-state index in [1.165, 1.54) is 5.56 Å². The maximum atomic E-state index is 6.04. The maximum Gasteiger partial charge on any atom is 0.134 e. The van der Waals surface area contributed by atoms with E-state index in [0.717, 1.165) is 34.7 Å². The lowest BCUT2D eigenvalue weighted by atomic mass is 10.1. The van der Waals surface area contributed by atoms with Gasteiger partial charge in [-0.05, 0) is 52.1 Å². The zero-order valence-electron chi connectivity index (χ0n) is 13.0. The van der Waals surface area contributed by atoms with Crippen LogP contribution >= 0.6 is 0 Å². The van der Waals surface area contributed by atoms with Crippen LogP contribution in [0, 0.1) is 13.8 Å². The van der Waals surface area contributed by atoms with Gasteiger partial charge in [-0.15, -0.1) is 0 Å². The summed E-state index contributed by atoms with van der Waals surface area (Å²) in [6.45, 7) is 7.06. The summed E-state index contributed by atoms with van der Waals surface area (Å²) in [6.07, 6.45) is 0. The minimum Gasteiger partial charge on any atom is -0.459 e. The highest BCUT2D eigenvalue weighted by molar-refractivity contribution is 5.78. The summed E-state index contributed by atoms with van der Waals surface area (Å²) in [7, 11) is 1.95. The van der Waals surface area contributed by atoms with Crippen LogP contribution < -0.4 is 5.32 Å². The molecule has 0 fully saturated rings. The molecule has 4 heteroatoms. The average Bonchev–Trinajstić information content (AvgIpc) is 3.03. The standard InChI is InChI=1S/C17H21N3O/c1-5-20-14(9-12(3)19-20)17(18-4)16-10-13-8-11(2)6-7-15(13)21-16/h6-10,17-18H,5H2,1-4H3. The van der Waals surface area contributed by atoms with Crippen molar-refractivity contribution >= 4 is 11.0 Å². The SMILES string of the molecule is CCn1nc(C)cc1C(NC)c1cc2cc(C)ccc2o1. The predicted octanol–water partition coefficient (Wildman–Crippen LogP) is 3.57. The van der Waals surface area contributed by atoms with Gasteiger partial charge in [0.1, 0.15) is 17.4 Å². The van der Waals surface area contributed by atoms with Gasteiger partial charge in [-0.25, -0.2) is 0 Å². The molecule has 3 aromatic rings. The van der Waals surface area contributed by atoms with E-state index in [1.54, 1.807) is 0 Å². The van der Waals surface area contributed by atoms with E-state index in [-0.39, 0.29) is 6.04 Å². The van der Waals surface area contributed by atoms with E-state index in [1.807, 2.05) is 24.7 Å². The van der Waals surface area contributed by atoms with Gasteiger partial charge in [-0.2, -0.15) is 5.10 Å². The molecule has 0 saturated heterocycles. The quantitative estimate of drug-likeness (QED) is 0.796. The molecule has 0 bridgehead atoms. The molecule has 0 radical (unpaired) electrons. The molecule has 1 aromatic carbocycles. The molecule has 0 aliphatic rings. The summed E-state index contributed by atoms with van der Waals surface area (Å²) in [5, 5.41) is 9.01. The second-order valence-electron chi connectivity index (χ2n) is 5.44. The van der Waals surface area contributed by atoms with Gasteiger partial charge in [0.05, 0.1) is 11.4 Å². The maximum absolute atomic E-state index is 6.04.